The molecule has 2 aromatic heterocycles. The Morgan fingerprint density at radius 1 is 1.44 bits per heavy atom. The number of hydrogen-bond acceptors (Lipinski definition) is 4. The van der Waals surface area contributed by atoms with Crippen LogP contribution in [-0.2, 0) is 17.1 Å². The molecule has 98 valence electrons. The van der Waals surface area contributed by atoms with Crippen molar-refractivity contribution in [1.29, 1.82) is 0 Å². The largest absolute Gasteiger partial charge is 0.333 e. The van der Waals surface area contributed by atoms with Gasteiger partial charge in [0.05, 0.1) is 6.20 Å². The molecule has 0 aromatic carbocycles. The van der Waals surface area contributed by atoms with Crippen molar-refractivity contribution in [2.45, 2.75) is 24.8 Å². The van der Waals surface area contributed by atoms with E-state index in [1.165, 1.54) is 12.4 Å². The van der Waals surface area contributed by atoms with E-state index < -0.39 is 10.0 Å². The van der Waals surface area contributed by atoms with Crippen molar-refractivity contribution < 1.29 is 8.42 Å². The minimum absolute atomic E-state index is 0.141. The molecular formula is C10H13BrN4O2S. The quantitative estimate of drug-likeness (QED) is 0.922. The molecular weight excluding hydrogens is 320 g/mol. The van der Waals surface area contributed by atoms with Gasteiger partial charge in [-0.1, -0.05) is 0 Å². The first-order valence-corrected chi connectivity index (χ1v) is 7.59. The predicted molar refractivity (Wildman–Crippen MR) is 71.7 cm³/mol. The molecule has 2 rings (SSSR count). The number of fused-ring (bicyclic) bond motifs is 1. The summed E-state index contributed by atoms with van der Waals surface area (Å²) in [7, 11) is -1.84. The van der Waals surface area contributed by atoms with Crippen molar-refractivity contribution in [2.75, 3.05) is 0 Å². The molecule has 0 radical (unpaired) electrons. The third kappa shape index (κ3) is 2.40. The standard InChI is InChI=1S/C10H13BrN4O2S/c1-6(2)14-18(16,17)7-5-15(3)10-9(7)13-8(11)4-12-10/h4-6,14H,1-3H3. The highest BCUT2D eigenvalue weighted by molar-refractivity contribution is 9.10. The van der Waals surface area contributed by atoms with Crippen LogP contribution < -0.4 is 4.72 Å². The molecule has 0 aliphatic heterocycles. The lowest BCUT2D eigenvalue weighted by Gasteiger charge is -2.07. The number of rotatable bonds is 3. The Morgan fingerprint density at radius 2 is 2.11 bits per heavy atom. The van der Waals surface area contributed by atoms with Gasteiger partial charge in [0.25, 0.3) is 0 Å². The van der Waals surface area contributed by atoms with Crippen LogP contribution >= 0.6 is 15.9 Å². The summed E-state index contributed by atoms with van der Waals surface area (Å²) < 4.78 is 29.0. The third-order valence-corrected chi connectivity index (χ3v) is 4.32. The van der Waals surface area contributed by atoms with E-state index in [9.17, 15) is 8.42 Å². The number of sulfonamides is 1. The van der Waals surface area contributed by atoms with Crippen molar-refractivity contribution in [3.8, 4) is 0 Å². The first-order valence-electron chi connectivity index (χ1n) is 5.31. The molecule has 18 heavy (non-hydrogen) atoms. The van der Waals surface area contributed by atoms with Gasteiger partial charge in [-0.15, -0.1) is 0 Å². The number of aryl methyl sites for hydroxylation is 1. The zero-order valence-corrected chi connectivity index (χ0v) is 12.6. The smallest absolute Gasteiger partial charge is 0.244 e. The summed E-state index contributed by atoms with van der Waals surface area (Å²) in [5.41, 5.74) is 0.891. The van der Waals surface area contributed by atoms with Crippen molar-refractivity contribution in [1.82, 2.24) is 19.3 Å². The van der Waals surface area contributed by atoms with Gasteiger partial charge in [0.1, 0.15) is 15.0 Å². The number of aromatic nitrogens is 3. The lowest BCUT2D eigenvalue weighted by atomic mass is 10.4. The van der Waals surface area contributed by atoms with E-state index in [1.807, 2.05) is 0 Å². The van der Waals surface area contributed by atoms with Crippen molar-refractivity contribution in [3.63, 3.8) is 0 Å². The fourth-order valence-electron chi connectivity index (χ4n) is 1.65. The second-order valence-electron chi connectivity index (χ2n) is 4.25. The van der Waals surface area contributed by atoms with E-state index in [-0.39, 0.29) is 10.9 Å². The first-order chi connectivity index (χ1) is 8.31. The SMILES string of the molecule is CC(C)NS(=O)(=O)c1cn(C)c2ncc(Br)nc12. The average Bonchev–Trinajstić information content (AvgIpc) is 2.54. The summed E-state index contributed by atoms with van der Waals surface area (Å²) in [5.74, 6) is 0. The molecule has 0 bridgehead atoms. The summed E-state index contributed by atoms with van der Waals surface area (Å²) in [5, 5.41) is 0. The van der Waals surface area contributed by atoms with Gasteiger partial charge in [0.15, 0.2) is 5.65 Å². The molecule has 8 heteroatoms. The number of nitrogens with one attached hydrogen (secondary N) is 1. The minimum Gasteiger partial charge on any atom is -0.333 e. The number of halogens is 1. The van der Waals surface area contributed by atoms with E-state index in [0.717, 1.165) is 0 Å². The Morgan fingerprint density at radius 3 is 2.72 bits per heavy atom. The van der Waals surface area contributed by atoms with Crippen LogP contribution in [0.3, 0.4) is 0 Å². The van der Waals surface area contributed by atoms with Gasteiger partial charge in [-0.25, -0.2) is 23.1 Å². The predicted octanol–water partition coefficient (Wildman–Crippen LogP) is 1.42. The van der Waals surface area contributed by atoms with Gasteiger partial charge >= 0.3 is 0 Å². The van der Waals surface area contributed by atoms with E-state index in [0.29, 0.717) is 15.8 Å². The maximum absolute atomic E-state index is 12.2. The van der Waals surface area contributed by atoms with Gasteiger partial charge in [-0.2, -0.15) is 0 Å². The second-order valence-corrected chi connectivity index (χ2v) is 6.74. The Bertz CT molecular complexity index is 693. The lowest BCUT2D eigenvalue weighted by molar-refractivity contribution is 0.570. The van der Waals surface area contributed by atoms with Gasteiger partial charge in [0, 0.05) is 19.3 Å². The number of hydrogen-bond donors (Lipinski definition) is 1. The molecule has 0 saturated carbocycles. The molecule has 0 aliphatic rings. The highest BCUT2D eigenvalue weighted by atomic mass is 79.9. The first kappa shape index (κ1) is 13.4. The topological polar surface area (TPSA) is 76.9 Å². The molecule has 0 fully saturated rings. The zero-order chi connectivity index (χ0) is 13.5. The summed E-state index contributed by atoms with van der Waals surface area (Å²) in [6.07, 6.45) is 3.05. The molecule has 0 spiro atoms. The second kappa shape index (κ2) is 4.60. The van der Waals surface area contributed by atoms with E-state index in [2.05, 4.69) is 30.6 Å². The van der Waals surface area contributed by atoms with Crippen LogP contribution in [0.15, 0.2) is 21.9 Å². The van der Waals surface area contributed by atoms with Crippen molar-refractivity contribution in [2.24, 2.45) is 7.05 Å². The van der Waals surface area contributed by atoms with Gasteiger partial charge in [-0.05, 0) is 29.8 Å². The van der Waals surface area contributed by atoms with Crippen LogP contribution in [0.5, 0.6) is 0 Å². The average molecular weight is 333 g/mol. The number of nitrogens with zero attached hydrogens (tertiary/aromatic N) is 3. The Labute approximate surface area is 114 Å². The van der Waals surface area contributed by atoms with Crippen LogP contribution in [0.4, 0.5) is 0 Å². The van der Waals surface area contributed by atoms with Crippen LogP contribution in [0.25, 0.3) is 11.2 Å². The monoisotopic (exact) mass is 332 g/mol. The molecule has 2 aromatic rings. The van der Waals surface area contributed by atoms with Gasteiger partial charge < -0.3 is 4.57 Å². The Balaban J connectivity index is 2.68. The lowest BCUT2D eigenvalue weighted by Crippen LogP contribution is -2.30. The van der Waals surface area contributed by atoms with Crippen LogP contribution in [0.1, 0.15) is 13.8 Å². The third-order valence-electron chi connectivity index (χ3n) is 2.28. The van der Waals surface area contributed by atoms with Crippen LogP contribution in [0, 0.1) is 0 Å². The Kier molecular flexibility index (Phi) is 3.43. The fourth-order valence-corrected chi connectivity index (χ4v) is 3.37. The molecule has 6 nitrogen and oxygen atoms in total. The van der Waals surface area contributed by atoms with E-state index >= 15 is 0 Å². The molecule has 0 saturated heterocycles. The van der Waals surface area contributed by atoms with E-state index in [1.54, 1.807) is 25.5 Å². The highest BCUT2D eigenvalue weighted by Crippen LogP contribution is 2.23. The molecule has 0 amide bonds. The van der Waals surface area contributed by atoms with Crippen molar-refractivity contribution >= 4 is 37.1 Å². The highest BCUT2D eigenvalue weighted by Gasteiger charge is 2.23. The van der Waals surface area contributed by atoms with Gasteiger partial charge in [-0.3, -0.25) is 0 Å². The zero-order valence-electron chi connectivity index (χ0n) is 10.2. The summed E-state index contributed by atoms with van der Waals surface area (Å²) in [6, 6.07) is -0.176. The van der Waals surface area contributed by atoms with Gasteiger partial charge in [0.2, 0.25) is 10.0 Å². The molecule has 0 unspecified atom stereocenters. The van der Waals surface area contributed by atoms with Crippen LogP contribution in [0.2, 0.25) is 0 Å². The maximum Gasteiger partial charge on any atom is 0.244 e. The molecule has 0 atom stereocenters. The van der Waals surface area contributed by atoms with Crippen molar-refractivity contribution in [3.05, 3.63) is 17.0 Å². The summed E-state index contributed by atoms with van der Waals surface area (Å²) in [6.45, 7) is 3.54. The van der Waals surface area contributed by atoms with Crippen LogP contribution in [-0.4, -0.2) is 29.0 Å². The van der Waals surface area contributed by atoms with E-state index in [4.69, 9.17) is 0 Å². The Hall–Kier alpha value is -0.990. The molecule has 0 aliphatic carbocycles. The fraction of sp³-hybridized carbons (Fsp3) is 0.400. The summed E-state index contributed by atoms with van der Waals surface area (Å²) >= 11 is 3.20. The molecule has 1 N–H and O–H groups in total. The minimum atomic E-state index is -3.58. The summed E-state index contributed by atoms with van der Waals surface area (Å²) in [4.78, 5) is 8.48. The molecule has 2 heterocycles. The maximum atomic E-state index is 12.2. The normalized spacial score (nSPS) is 12.5.